The fourth-order valence-electron chi connectivity index (χ4n) is 2.66. The van der Waals surface area contributed by atoms with Crippen molar-refractivity contribution in [2.24, 2.45) is 0 Å². The molecule has 2 rings (SSSR count). The number of rotatable bonds is 4. The van der Waals surface area contributed by atoms with Crippen LogP contribution in [0.4, 0.5) is 0 Å². The fraction of sp³-hybridized carbons (Fsp3) is 0.600. The number of hydrogen-bond donors (Lipinski definition) is 1. The Hall–Kier alpha value is -0.860. The van der Waals surface area contributed by atoms with Gasteiger partial charge in [-0.25, -0.2) is 0 Å². The van der Waals surface area contributed by atoms with Gasteiger partial charge in [-0.2, -0.15) is 0 Å². The first kappa shape index (κ1) is 12.6. The lowest BCUT2D eigenvalue weighted by molar-refractivity contribution is -0.00575. The summed E-state index contributed by atoms with van der Waals surface area (Å²) in [5.41, 5.74) is 2.35. The Bertz CT molecular complexity index is 329. The molecular formula is C15H22O2. The topological polar surface area (TPSA) is 29.5 Å². The molecule has 0 radical (unpaired) electrons. The molecule has 0 saturated carbocycles. The minimum Gasteiger partial charge on any atom is -0.392 e. The molecule has 17 heavy (non-hydrogen) atoms. The highest BCUT2D eigenvalue weighted by molar-refractivity contribution is 5.26. The van der Waals surface area contributed by atoms with Crippen LogP contribution in [0.1, 0.15) is 49.7 Å². The second-order valence-corrected chi connectivity index (χ2v) is 4.85. The lowest BCUT2D eigenvalue weighted by Gasteiger charge is -2.32. The summed E-state index contributed by atoms with van der Waals surface area (Å²) in [4.78, 5) is 0. The van der Waals surface area contributed by atoms with Crippen molar-refractivity contribution in [3.8, 4) is 0 Å². The van der Waals surface area contributed by atoms with E-state index in [0.29, 0.717) is 12.0 Å². The van der Waals surface area contributed by atoms with Crippen LogP contribution in [0.5, 0.6) is 0 Å². The largest absolute Gasteiger partial charge is 0.392 e. The second-order valence-electron chi connectivity index (χ2n) is 4.85. The predicted octanol–water partition coefficient (Wildman–Crippen LogP) is 3.24. The van der Waals surface area contributed by atoms with E-state index in [9.17, 15) is 0 Å². The smallest absolute Gasteiger partial charge is 0.0681 e. The van der Waals surface area contributed by atoms with Gasteiger partial charge in [0, 0.05) is 12.5 Å². The molecule has 1 saturated heterocycles. The first-order chi connectivity index (χ1) is 8.35. The molecule has 1 aliphatic heterocycles. The summed E-state index contributed by atoms with van der Waals surface area (Å²) >= 11 is 0. The van der Waals surface area contributed by atoms with Gasteiger partial charge in [0.25, 0.3) is 0 Å². The molecule has 0 spiro atoms. The fourth-order valence-corrected chi connectivity index (χ4v) is 2.66. The molecule has 2 nitrogen and oxygen atoms in total. The standard InChI is InChI=1S/C15H22O2/c1-2-4-15-14(5-3-10-17-15)13-8-6-12(11-16)7-9-13/h6-9,14-16H,2-5,10-11H2,1H3/t14-,15-/m1/s1. The van der Waals surface area contributed by atoms with Crippen molar-refractivity contribution in [3.63, 3.8) is 0 Å². The Morgan fingerprint density at radius 1 is 1.29 bits per heavy atom. The highest BCUT2D eigenvalue weighted by Gasteiger charge is 2.26. The van der Waals surface area contributed by atoms with Crippen molar-refractivity contribution < 1.29 is 9.84 Å². The monoisotopic (exact) mass is 234 g/mol. The quantitative estimate of drug-likeness (QED) is 0.866. The van der Waals surface area contributed by atoms with Crippen molar-refractivity contribution in [1.82, 2.24) is 0 Å². The molecule has 0 aliphatic carbocycles. The van der Waals surface area contributed by atoms with Crippen LogP contribution in [-0.2, 0) is 11.3 Å². The Morgan fingerprint density at radius 2 is 2.06 bits per heavy atom. The van der Waals surface area contributed by atoms with Gasteiger partial charge < -0.3 is 9.84 Å². The molecule has 0 unspecified atom stereocenters. The van der Waals surface area contributed by atoms with Gasteiger partial charge in [0.1, 0.15) is 0 Å². The minimum atomic E-state index is 0.125. The summed E-state index contributed by atoms with van der Waals surface area (Å²) in [6.07, 6.45) is 5.09. The van der Waals surface area contributed by atoms with Crippen LogP contribution >= 0.6 is 0 Å². The summed E-state index contributed by atoms with van der Waals surface area (Å²) in [5, 5.41) is 9.05. The normalized spacial score (nSPS) is 24.8. The van der Waals surface area contributed by atoms with Crippen LogP contribution in [0, 0.1) is 0 Å². The van der Waals surface area contributed by atoms with E-state index in [2.05, 4.69) is 19.1 Å². The summed E-state index contributed by atoms with van der Waals surface area (Å²) in [6.45, 7) is 3.25. The highest BCUT2D eigenvalue weighted by Crippen LogP contribution is 2.33. The molecule has 0 bridgehead atoms. The number of aliphatic hydroxyl groups is 1. The summed E-state index contributed by atoms with van der Waals surface area (Å²) in [7, 11) is 0. The number of hydrogen-bond acceptors (Lipinski definition) is 2. The molecule has 1 heterocycles. The van der Waals surface area contributed by atoms with Gasteiger partial charge in [-0.1, -0.05) is 37.6 Å². The third-order valence-electron chi connectivity index (χ3n) is 3.60. The van der Waals surface area contributed by atoms with Gasteiger partial charge in [0.15, 0.2) is 0 Å². The zero-order valence-corrected chi connectivity index (χ0v) is 10.6. The van der Waals surface area contributed by atoms with E-state index in [-0.39, 0.29) is 6.61 Å². The number of benzene rings is 1. The Morgan fingerprint density at radius 3 is 2.71 bits per heavy atom. The SMILES string of the molecule is CCC[C@H]1OCCC[C@@H]1c1ccc(CO)cc1. The molecule has 1 aromatic rings. The van der Waals surface area contributed by atoms with E-state index in [1.807, 2.05) is 12.1 Å². The third kappa shape index (κ3) is 3.08. The molecule has 2 atom stereocenters. The van der Waals surface area contributed by atoms with E-state index >= 15 is 0 Å². The first-order valence-electron chi connectivity index (χ1n) is 6.66. The van der Waals surface area contributed by atoms with E-state index < -0.39 is 0 Å². The molecule has 1 aliphatic rings. The maximum absolute atomic E-state index is 9.05. The second kappa shape index (κ2) is 6.18. The van der Waals surface area contributed by atoms with E-state index in [1.165, 1.54) is 18.4 Å². The van der Waals surface area contributed by atoms with E-state index in [0.717, 1.165) is 25.0 Å². The van der Waals surface area contributed by atoms with Crippen LogP contribution in [-0.4, -0.2) is 17.8 Å². The summed E-state index contributed by atoms with van der Waals surface area (Å²) in [5.74, 6) is 0.538. The predicted molar refractivity (Wildman–Crippen MR) is 69.0 cm³/mol. The zero-order chi connectivity index (χ0) is 12.1. The van der Waals surface area contributed by atoms with Gasteiger partial charge in [-0.3, -0.25) is 0 Å². The zero-order valence-electron chi connectivity index (χ0n) is 10.6. The molecule has 1 fully saturated rings. The van der Waals surface area contributed by atoms with Crippen LogP contribution in [0.15, 0.2) is 24.3 Å². The van der Waals surface area contributed by atoms with Crippen molar-refractivity contribution in [2.45, 2.75) is 51.2 Å². The third-order valence-corrected chi connectivity index (χ3v) is 3.60. The summed E-state index contributed by atoms with van der Waals surface area (Å²) < 4.78 is 5.89. The summed E-state index contributed by atoms with van der Waals surface area (Å²) in [6, 6.07) is 8.33. The first-order valence-corrected chi connectivity index (χ1v) is 6.66. The van der Waals surface area contributed by atoms with Crippen LogP contribution in [0.2, 0.25) is 0 Å². The maximum Gasteiger partial charge on any atom is 0.0681 e. The molecular weight excluding hydrogens is 212 g/mol. The molecule has 1 N–H and O–H groups in total. The van der Waals surface area contributed by atoms with Crippen molar-refractivity contribution in [1.29, 1.82) is 0 Å². The van der Waals surface area contributed by atoms with Crippen LogP contribution in [0.3, 0.4) is 0 Å². The van der Waals surface area contributed by atoms with Crippen molar-refractivity contribution in [3.05, 3.63) is 35.4 Å². The van der Waals surface area contributed by atoms with Crippen molar-refractivity contribution in [2.75, 3.05) is 6.61 Å². The van der Waals surface area contributed by atoms with Crippen molar-refractivity contribution >= 4 is 0 Å². The highest BCUT2D eigenvalue weighted by atomic mass is 16.5. The molecule has 0 amide bonds. The number of ether oxygens (including phenoxy) is 1. The molecule has 94 valence electrons. The van der Waals surface area contributed by atoms with Gasteiger partial charge in [-0.05, 0) is 30.4 Å². The Balaban J connectivity index is 2.11. The van der Waals surface area contributed by atoms with E-state index in [4.69, 9.17) is 9.84 Å². The minimum absolute atomic E-state index is 0.125. The Kier molecular flexibility index (Phi) is 4.57. The molecule has 0 aromatic heterocycles. The lowest BCUT2D eigenvalue weighted by Crippen LogP contribution is -2.27. The average molecular weight is 234 g/mol. The van der Waals surface area contributed by atoms with Gasteiger partial charge in [0.05, 0.1) is 12.7 Å². The Labute approximate surface area is 104 Å². The number of aliphatic hydroxyl groups excluding tert-OH is 1. The van der Waals surface area contributed by atoms with E-state index in [1.54, 1.807) is 0 Å². The maximum atomic E-state index is 9.05. The molecule has 1 aromatic carbocycles. The molecule has 2 heteroatoms. The lowest BCUT2D eigenvalue weighted by atomic mass is 9.85. The van der Waals surface area contributed by atoms with Crippen LogP contribution < -0.4 is 0 Å². The van der Waals surface area contributed by atoms with Gasteiger partial charge >= 0.3 is 0 Å². The van der Waals surface area contributed by atoms with Gasteiger partial charge in [0.2, 0.25) is 0 Å². The average Bonchev–Trinajstić information content (AvgIpc) is 2.40. The van der Waals surface area contributed by atoms with Crippen LogP contribution in [0.25, 0.3) is 0 Å². The van der Waals surface area contributed by atoms with Gasteiger partial charge in [-0.15, -0.1) is 0 Å².